The van der Waals surface area contributed by atoms with Crippen LogP contribution in [-0.2, 0) is 9.59 Å². The van der Waals surface area contributed by atoms with Gasteiger partial charge in [0.25, 0.3) is 0 Å². The van der Waals surface area contributed by atoms with Crippen LogP contribution in [0.5, 0.6) is 0 Å². The molecule has 1 saturated carbocycles. The summed E-state index contributed by atoms with van der Waals surface area (Å²) in [5.41, 5.74) is 3.79. The maximum absolute atomic E-state index is 13.0. The Morgan fingerprint density at radius 3 is 2.19 bits per heavy atom. The Morgan fingerprint density at radius 1 is 1.24 bits per heavy atom. The van der Waals surface area contributed by atoms with Crippen LogP contribution in [0, 0.1) is 28.6 Å². The molecule has 0 aromatic rings. The smallest absolute Gasteiger partial charge is 0.369 e. The maximum Gasteiger partial charge on any atom is 0.394 e. The Balaban J connectivity index is 2.21. The van der Waals surface area contributed by atoms with Crippen molar-refractivity contribution in [2.75, 3.05) is 13.1 Å². The normalized spacial score (nSPS) is 28.4. The summed E-state index contributed by atoms with van der Waals surface area (Å²) in [7, 11) is 0. The highest BCUT2D eigenvalue weighted by molar-refractivity contribution is 5.87. The van der Waals surface area contributed by atoms with E-state index in [-0.39, 0.29) is 6.54 Å². The number of amides is 2. The number of carbonyl (C=O) groups excluding carboxylic acids is 2. The van der Waals surface area contributed by atoms with Gasteiger partial charge in [-0.1, -0.05) is 12.8 Å². The molecule has 1 heterocycles. The molecule has 0 bridgehead atoms. The molecular weight excluding hydrogens is 287 g/mol. The number of primary amides is 1. The summed E-state index contributed by atoms with van der Waals surface area (Å²) in [5.74, 6) is -5.05. The van der Waals surface area contributed by atoms with Crippen LogP contribution < -0.4 is 5.73 Å². The number of carbonyl (C=O) groups is 2. The topological polar surface area (TPSA) is 87.2 Å². The quantitative estimate of drug-likeness (QED) is 0.831. The molecule has 8 heteroatoms. The third-order valence-electron chi connectivity index (χ3n) is 4.47. The van der Waals surface area contributed by atoms with Gasteiger partial charge in [0.05, 0.1) is 17.9 Å². The summed E-state index contributed by atoms with van der Waals surface area (Å²) < 4.78 is 38.9. The van der Waals surface area contributed by atoms with Gasteiger partial charge in [0.1, 0.15) is 5.41 Å². The van der Waals surface area contributed by atoms with Gasteiger partial charge in [-0.3, -0.25) is 9.59 Å². The summed E-state index contributed by atoms with van der Waals surface area (Å²) in [4.78, 5) is 24.6. The van der Waals surface area contributed by atoms with Crippen LogP contribution in [0.1, 0.15) is 25.7 Å². The van der Waals surface area contributed by atoms with Crippen LogP contribution in [-0.4, -0.2) is 36.0 Å². The average Bonchev–Trinajstić information content (AvgIpc) is 3.05. The second-order valence-electron chi connectivity index (χ2n) is 5.77. The molecule has 116 valence electrons. The summed E-state index contributed by atoms with van der Waals surface area (Å²) in [6.07, 6.45) is -2.47. The van der Waals surface area contributed by atoms with Crippen molar-refractivity contribution < 1.29 is 22.8 Å². The van der Waals surface area contributed by atoms with E-state index in [0.717, 1.165) is 4.90 Å². The lowest BCUT2D eigenvalue weighted by molar-refractivity contribution is -0.183. The van der Waals surface area contributed by atoms with Gasteiger partial charge in [-0.25, -0.2) is 0 Å². The fourth-order valence-corrected chi connectivity index (χ4v) is 3.24. The van der Waals surface area contributed by atoms with Crippen LogP contribution in [0.15, 0.2) is 0 Å². The number of likely N-dealkylation sites (tertiary alicyclic amines) is 1. The first kappa shape index (κ1) is 15.6. The van der Waals surface area contributed by atoms with Crippen LogP contribution in [0.25, 0.3) is 0 Å². The number of halogens is 3. The Bertz CT molecular complexity index is 492. The molecule has 1 saturated heterocycles. The molecule has 2 aliphatic rings. The monoisotopic (exact) mass is 303 g/mol. The van der Waals surface area contributed by atoms with Crippen molar-refractivity contribution in [3.63, 3.8) is 0 Å². The van der Waals surface area contributed by atoms with E-state index >= 15 is 0 Å². The van der Waals surface area contributed by atoms with Crippen molar-refractivity contribution in [2.45, 2.75) is 31.9 Å². The summed E-state index contributed by atoms with van der Waals surface area (Å²) in [5, 5.41) is 9.24. The lowest BCUT2D eigenvalue weighted by atomic mass is 9.86. The highest BCUT2D eigenvalue weighted by atomic mass is 19.4. The molecule has 1 aliphatic heterocycles. The van der Waals surface area contributed by atoms with Crippen LogP contribution in [0.3, 0.4) is 0 Å². The number of nitrogens with zero attached hydrogens (tertiary/aromatic N) is 2. The lowest BCUT2D eigenvalue weighted by Crippen LogP contribution is -2.41. The van der Waals surface area contributed by atoms with Gasteiger partial charge in [-0.2, -0.15) is 18.4 Å². The van der Waals surface area contributed by atoms with Crippen molar-refractivity contribution in [3.05, 3.63) is 0 Å². The predicted molar refractivity (Wildman–Crippen MR) is 65.3 cm³/mol. The largest absolute Gasteiger partial charge is 0.394 e. The summed E-state index contributed by atoms with van der Waals surface area (Å²) in [6, 6.07) is 1.96. The number of alkyl halides is 3. The number of rotatable bonds is 2. The number of hydrogen-bond donors (Lipinski definition) is 1. The Labute approximate surface area is 119 Å². The Morgan fingerprint density at radius 2 is 1.81 bits per heavy atom. The highest BCUT2D eigenvalue weighted by Gasteiger charge is 2.55. The minimum absolute atomic E-state index is 0.358. The molecule has 0 aromatic carbocycles. The number of hydrogen-bond acceptors (Lipinski definition) is 3. The third-order valence-corrected chi connectivity index (χ3v) is 4.47. The van der Waals surface area contributed by atoms with E-state index in [4.69, 9.17) is 5.73 Å². The second-order valence-corrected chi connectivity index (χ2v) is 5.77. The lowest BCUT2D eigenvalue weighted by Gasteiger charge is -2.26. The van der Waals surface area contributed by atoms with E-state index < -0.39 is 41.8 Å². The molecule has 2 fully saturated rings. The van der Waals surface area contributed by atoms with Gasteiger partial charge < -0.3 is 10.6 Å². The summed E-state index contributed by atoms with van der Waals surface area (Å²) >= 11 is 0. The van der Waals surface area contributed by atoms with Crippen LogP contribution in [0.2, 0.25) is 0 Å². The van der Waals surface area contributed by atoms with Crippen molar-refractivity contribution in [2.24, 2.45) is 23.0 Å². The predicted octanol–water partition coefficient (Wildman–Crippen LogP) is 1.19. The molecule has 5 nitrogen and oxygen atoms in total. The molecule has 0 spiro atoms. The van der Waals surface area contributed by atoms with Gasteiger partial charge in [0, 0.05) is 13.1 Å². The van der Waals surface area contributed by atoms with Crippen molar-refractivity contribution in [1.29, 1.82) is 5.26 Å². The molecule has 21 heavy (non-hydrogen) atoms. The molecule has 1 aliphatic carbocycles. The van der Waals surface area contributed by atoms with E-state index in [1.807, 2.05) is 6.07 Å². The molecule has 2 atom stereocenters. The average molecular weight is 303 g/mol. The van der Waals surface area contributed by atoms with Gasteiger partial charge in [-0.05, 0) is 12.8 Å². The first-order valence-electron chi connectivity index (χ1n) is 6.78. The molecule has 0 unspecified atom stereocenters. The SMILES string of the molecule is N#CC1(C(=O)N2C[C@@H](C(F)(F)F)[C@H](C(N)=O)C2)CCCC1. The molecule has 0 aromatic heterocycles. The molecule has 2 amide bonds. The number of nitriles is 1. The van der Waals surface area contributed by atoms with E-state index in [1.54, 1.807) is 0 Å². The molecule has 0 radical (unpaired) electrons. The minimum Gasteiger partial charge on any atom is -0.369 e. The standard InChI is InChI=1S/C13H16F3N3O2/c14-13(15,16)9-6-19(5-8(9)10(18)20)11(21)12(7-17)3-1-2-4-12/h8-9H,1-6H2,(H2,18,20)/t8-,9-/m1/s1. The van der Waals surface area contributed by atoms with Crippen molar-refractivity contribution in [1.82, 2.24) is 4.90 Å². The minimum atomic E-state index is -4.59. The van der Waals surface area contributed by atoms with Gasteiger partial charge in [0.2, 0.25) is 11.8 Å². The van der Waals surface area contributed by atoms with Crippen LogP contribution in [0.4, 0.5) is 13.2 Å². The van der Waals surface area contributed by atoms with Crippen molar-refractivity contribution >= 4 is 11.8 Å². The molecule has 2 rings (SSSR count). The van der Waals surface area contributed by atoms with E-state index in [1.165, 1.54) is 0 Å². The number of nitrogens with two attached hydrogens (primary N) is 1. The Hall–Kier alpha value is -1.78. The maximum atomic E-state index is 13.0. The second kappa shape index (κ2) is 5.20. The van der Waals surface area contributed by atoms with Gasteiger partial charge in [-0.15, -0.1) is 0 Å². The zero-order valence-corrected chi connectivity index (χ0v) is 11.3. The highest BCUT2D eigenvalue weighted by Crippen LogP contribution is 2.43. The van der Waals surface area contributed by atoms with E-state index in [0.29, 0.717) is 25.7 Å². The van der Waals surface area contributed by atoms with Crippen LogP contribution >= 0.6 is 0 Å². The Kier molecular flexibility index (Phi) is 3.87. The first-order chi connectivity index (χ1) is 9.71. The zero-order chi connectivity index (χ0) is 15.8. The molecular formula is C13H16F3N3O2. The summed E-state index contributed by atoms with van der Waals surface area (Å²) in [6.45, 7) is -0.957. The van der Waals surface area contributed by atoms with Crippen molar-refractivity contribution in [3.8, 4) is 6.07 Å². The van der Waals surface area contributed by atoms with Gasteiger partial charge >= 0.3 is 6.18 Å². The van der Waals surface area contributed by atoms with E-state index in [2.05, 4.69) is 0 Å². The zero-order valence-electron chi connectivity index (χ0n) is 11.3. The van der Waals surface area contributed by atoms with Gasteiger partial charge in [0.15, 0.2) is 0 Å². The first-order valence-corrected chi connectivity index (χ1v) is 6.78. The fourth-order valence-electron chi connectivity index (χ4n) is 3.24. The third kappa shape index (κ3) is 2.69. The van der Waals surface area contributed by atoms with E-state index in [9.17, 15) is 28.0 Å². The fraction of sp³-hybridized carbons (Fsp3) is 0.769. The molecule has 2 N–H and O–H groups in total.